The van der Waals surface area contributed by atoms with E-state index >= 15 is 0 Å². The summed E-state index contributed by atoms with van der Waals surface area (Å²) in [7, 11) is 0. The zero-order valence-corrected chi connectivity index (χ0v) is 12.7. The minimum Gasteiger partial charge on any atom is -0.467 e. The van der Waals surface area contributed by atoms with Crippen molar-refractivity contribution in [2.75, 3.05) is 0 Å². The van der Waals surface area contributed by atoms with E-state index in [0.29, 0.717) is 13.1 Å². The van der Waals surface area contributed by atoms with Gasteiger partial charge in [-0.2, -0.15) is 0 Å². The van der Waals surface area contributed by atoms with Gasteiger partial charge in [0.2, 0.25) is 0 Å². The van der Waals surface area contributed by atoms with Gasteiger partial charge in [0.25, 0.3) is 0 Å². The van der Waals surface area contributed by atoms with Crippen LogP contribution < -0.4 is 10.6 Å². The molecule has 2 heterocycles. The number of rotatable bonds is 6. The summed E-state index contributed by atoms with van der Waals surface area (Å²) in [6.07, 6.45) is 3.61. The maximum atomic E-state index is 11.8. The Hall–Kier alpha value is -2.95. The van der Waals surface area contributed by atoms with Crippen molar-refractivity contribution in [1.29, 1.82) is 0 Å². The molecule has 0 aliphatic heterocycles. The van der Waals surface area contributed by atoms with Gasteiger partial charge < -0.3 is 19.6 Å². The van der Waals surface area contributed by atoms with E-state index in [1.807, 2.05) is 42.6 Å². The highest BCUT2D eigenvalue weighted by Crippen LogP contribution is 2.07. The highest BCUT2D eigenvalue weighted by molar-refractivity contribution is 5.73. The maximum Gasteiger partial charge on any atom is 0.315 e. The molecule has 118 valence electrons. The van der Waals surface area contributed by atoms with Crippen LogP contribution >= 0.6 is 0 Å². The van der Waals surface area contributed by atoms with Gasteiger partial charge >= 0.3 is 6.03 Å². The number of furan rings is 1. The summed E-state index contributed by atoms with van der Waals surface area (Å²) < 4.78 is 7.30. The van der Waals surface area contributed by atoms with Crippen molar-refractivity contribution in [1.82, 2.24) is 15.2 Å². The molecule has 2 N–H and O–H groups in total. The van der Waals surface area contributed by atoms with E-state index < -0.39 is 0 Å². The SMILES string of the molecule is O=C(NCc1ccco1)NCc1cccn1Cc1ccccc1. The molecule has 0 radical (unpaired) electrons. The molecule has 0 fully saturated rings. The Morgan fingerprint density at radius 1 is 0.957 bits per heavy atom. The minimum atomic E-state index is -0.214. The molecule has 0 unspecified atom stereocenters. The molecule has 0 aliphatic rings. The van der Waals surface area contributed by atoms with Crippen LogP contribution in [0, 0.1) is 0 Å². The minimum absolute atomic E-state index is 0.214. The molecule has 23 heavy (non-hydrogen) atoms. The quantitative estimate of drug-likeness (QED) is 0.735. The Morgan fingerprint density at radius 2 is 1.78 bits per heavy atom. The van der Waals surface area contributed by atoms with Gasteiger partial charge in [0.15, 0.2) is 0 Å². The average molecular weight is 309 g/mol. The van der Waals surface area contributed by atoms with E-state index in [1.165, 1.54) is 5.56 Å². The van der Waals surface area contributed by atoms with Crippen molar-refractivity contribution >= 4 is 6.03 Å². The lowest BCUT2D eigenvalue weighted by Crippen LogP contribution is -2.35. The number of benzene rings is 1. The van der Waals surface area contributed by atoms with Crippen LogP contribution in [-0.4, -0.2) is 10.6 Å². The number of amides is 2. The first kappa shape index (κ1) is 15.0. The summed E-state index contributed by atoms with van der Waals surface area (Å²) in [6.45, 7) is 1.65. The molecule has 5 heteroatoms. The Kier molecular flexibility index (Phi) is 4.79. The second-order valence-electron chi connectivity index (χ2n) is 5.23. The van der Waals surface area contributed by atoms with E-state index in [0.717, 1.165) is 18.0 Å². The first-order chi connectivity index (χ1) is 11.3. The second kappa shape index (κ2) is 7.35. The highest BCUT2D eigenvalue weighted by Gasteiger charge is 2.05. The molecule has 0 atom stereocenters. The van der Waals surface area contributed by atoms with Gasteiger partial charge in [0, 0.05) is 18.4 Å². The molecular weight excluding hydrogens is 290 g/mol. The molecule has 3 aromatic rings. The lowest BCUT2D eigenvalue weighted by molar-refractivity contribution is 0.239. The molecule has 0 spiro atoms. The van der Waals surface area contributed by atoms with Crippen LogP contribution in [0.3, 0.4) is 0 Å². The topological polar surface area (TPSA) is 59.2 Å². The molecule has 2 aromatic heterocycles. The molecule has 1 aromatic carbocycles. The van der Waals surface area contributed by atoms with Crippen LogP contribution in [0.25, 0.3) is 0 Å². The predicted molar refractivity (Wildman–Crippen MR) is 87.8 cm³/mol. The van der Waals surface area contributed by atoms with Crippen molar-refractivity contribution in [3.8, 4) is 0 Å². The second-order valence-corrected chi connectivity index (χ2v) is 5.23. The van der Waals surface area contributed by atoms with Crippen LogP contribution in [0.4, 0.5) is 4.79 Å². The van der Waals surface area contributed by atoms with Gasteiger partial charge in [-0.25, -0.2) is 4.79 Å². The van der Waals surface area contributed by atoms with Crippen LogP contribution in [0.5, 0.6) is 0 Å². The van der Waals surface area contributed by atoms with Crippen LogP contribution in [0.15, 0.2) is 71.5 Å². The summed E-state index contributed by atoms with van der Waals surface area (Å²) in [5.74, 6) is 0.729. The lowest BCUT2D eigenvalue weighted by atomic mass is 10.2. The number of hydrogen-bond acceptors (Lipinski definition) is 2. The predicted octanol–water partition coefficient (Wildman–Crippen LogP) is 3.13. The number of hydrogen-bond donors (Lipinski definition) is 2. The fraction of sp³-hybridized carbons (Fsp3) is 0.167. The number of urea groups is 1. The van der Waals surface area contributed by atoms with Gasteiger partial charge in [0.05, 0.1) is 19.4 Å². The first-order valence-corrected chi connectivity index (χ1v) is 7.53. The summed E-state index contributed by atoms with van der Waals surface area (Å²) >= 11 is 0. The molecule has 0 bridgehead atoms. The van der Waals surface area contributed by atoms with E-state index in [2.05, 4.69) is 27.3 Å². The number of carbonyl (C=O) groups excluding carboxylic acids is 1. The van der Waals surface area contributed by atoms with E-state index in [9.17, 15) is 4.79 Å². The van der Waals surface area contributed by atoms with Crippen LogP contribution in [-0.2, 0) is 19.6 Å². The van der Waals surface area contributed by atoms with E-state index in [-0.39, 0.29) is 6.03 Å². The van der Waals surface area contributed by atoms with Gasteiger partial charge in [-0.3, -0.25) is 0 Å². The Bertz CT molecular complexity index is 733. The lowest BCUT2D eigenvalue weighted by Gasteiger charge is -2.11. The zero-order valence-electron chi connectivity index (χ0n) is 12.7. The van der Waals surface area contributed by atoms with Gasteiger partial charge in [0.1, 0.15) is 5.76 Å². The van der Waals surface area contributed by atoms with Crippen molar-refractivity contribution in [3.05, 3.63) is 84.1 Å². The van der Waals surface area contributed by atoms with Crippen molar-refractivity contribution < 1.29 is 9.21 Å². The number of nitrogens with zero attached hydrogens (tertiary/aromatic N) is 1. The third-order valence-electron chi connectivity index (χ3n) is 3.55. The number of carbonyl (C=O) groups is 1. The zero-order chi connectivity index (χ0) is 15.9. The van der Waals surface area contributed by atoms with Crippen molar-refractivity contribution in [3.63, 3.8) is 0 Å². The summed E-state index contributed by atoms with van der Waals surface area (Å²) in [5, 5.41) is 5.62. The summed E-state index contributed by atoms with van der Waals surface area (Å²) in [5.41, 5.74) is 2.29. The molecule has 0 aliphatic carbocycles. The first-order valence-electron chi connectivity index (χ1n) is 7.53. The normalized spacial score (nSPS) is 10.4. The van der Waals surface area contributed by atoms with Crippen LogP contribution in [0.2, 0.25) is 0 Å². The highest BCUT2D eigenvalue weighted by atomic mass is 16.3. The Balaban J connectivity index is 1.50. The number of nitrogens with one attached hydrogen (secondary N) is 2. The fourth-order valence-corrected chi connectivity index (χ4v) is 2.36. The van der Waals surface area contributed by atoms with Crippen molar-refractivity contribution in [2.24, 2.45) is 0 Å². The summed E-state index contributed by atoms with van der Waals surface area (Å²) in [4.78, 5) is 11.8. The van der Waals surface area contributed by atoms with Gasteiger partial charge in [-0.15, -0.1) is 0 Å². The average Bonchev–Trinajstić information content (AvgIpc) is 3.24. The number of aromatic nitrogens is 1. The molecule has 5 nitrogen and oxygen atoms in total. The molecule has 2 amide bonds. The standard InChI is InChI=1S/C18H19N3O2/c22-18(20-13-17-9-5-11-23-17)19-12-16-8-4-10-21(16)14-15-6-2-1-3-7-15/h1-11H,12-14H2,(H2,19,20,22). The smallest absolute Gasteiger partial charge is 0.315 e. The van der Waals surface area contributed by atoms with Crippen LogP contribution in [0.1, 0.15) is 17.0 Å². The Morgan fingerprint density at radius 3 is 2.57 bits per heavy atom. The Labute approximate surface area is 134 Å². The summed E-state index contributed by atoms with van der Waals surface area (Å²) in [6, 6.07) is 17.6. The molecule has 3 rings (SSSR count). The van der Waals surface area contributed by atoms with E-state index in [1.54, 1.807) is 12.3 Å². The molecule has 0 saturated carbocycles. The fourth-order valence-electron chi connectivity index (χ4n) is 2.36. The monoisotopic (exact) mass is 309 g/mol. The third kappa shape index (κ3) is 4.26. The molecular formula is C18H19N3O2. The van der Waals surface area contributed by atoms with Gasteiger partial charge in [-0.05, 0) is 29.8 Å². The largest absolute Gasteiger partial charge is 0.467 e. The van der Waals surface area contributed by atoms with Gasteiger partial charge in [-0.1, -0.05) is 30.3 Å². The maximum absolute atomic E-state index is 11.8. The van der Waals surface area contributed by atoms with Crippen molar-refractivity contribution in [2.45, 2.75) is 19.6 Å². The third-order valence-corrected chi connectivity index (χ3v) is 3.55. The molecule has 0 saturated heterocycles. The van der Waals surface area contributed by atoms with E-state index in [4.69, 9.17) is 4.42 Å².